The number of benzene rings is 1. The van der Waals surface area contributed by atoms with Gasteiger partial charge in [-0.25, -0.2) is 0 Å². The summed E-state index contributed by atoms with van der Waals surface area (Å²) in [5.41, 5.74) is 0.984. The van der Waals surface area contributed by atoms with E-state index in [1.807, 2.05) is 12.1 Å². The number of aromatic nitrogens is 1. The molecule has 0 aliphatic rings. The molecular weight excluding hydrogens is 230 g/mol. The number of phenolic OH excluding ortho intramolecular Hbond substituents is 2. The first-order valence-corrected chi connectivity index (χ1v) is 5.11. The minimum absolute atomic E-state index is 0.103. The maximum atomic E-state index is 9.70. The average Bonchev–Trinajstić information content (AvgIpc) is 2.78. The van der Waals surface area contributed by atoms with Gasteiger partial charge < -0.3 is 14.8 Å². The van der Waals surface area contributed by atoms with E-state index in [9.17, 15) is 10.2 Å². The third kappa shape index (κ3) is 1.55. The third-order valence-electron chi connectivity index (χ3n) is 2.71. The van der Waals surface area contributed by atoms with Crippen molar-refractivity contribution in [3.8, 4) is 34.9 Å². The first-order chi connectivity index (χ1) is 8.60. The summed E-state index contributed by atoms with van der Waals surface area (Å²) in [5.74, 6) is -0.978. The van der Waals surface area contributed by atoms with Gasteiger partial charge in [0.15, 0.2) is 11.5 Å². The number of nitriles is 2. The van der Waals surface area contributed by atoms with Crippen LogP contribution >= 0.6 is 0 Å². The van der Waals surface area contributed by atoms with Crippen molar-refractivity contribution in [3.05, 3.63) is 35.5 Å². The van der Waals surface area contributed by atoms with E-state index in [1.165, 1.54) is 0 Å². The lowest BCUT2D eigenvalue weighted by Gasteiger charge is -2.10. The molecule has 1 heterocycles. The van der Waals surface area contributed by atoms with Crippen LogP contribution in [-0.2, 0) is 7.05 Å². The Kier molecular flexibility index (Phi) is 2.67. The summed E-state index contributed by atoms with van der Waals surface area (Å²) in [6.07, 6.45) is 1.77. The smallest absolute Gasteiger partial charge is 0.176 e. The molecule has 0 amide bonds. The van der Waals surface area contributed by atoms with Crippen LogP contribution in [0.5, 0.6) is 11.5 Å². The zero-order valence-corrected chi connectivity index (χ0v) is 9.55. The van der Waals surface area contributed by atoms with Crippen LogP contribution in [0.1, 0.15) is 11.1 Å². The van der Waals surface area contributed by atoms with Gasteiger partial charge in [0.05, 0.1) is 11.3 Å². The van der Waals surface area contributed by atoms with Crippen molar-refractivity contribution < 1.29 is 10.2 Å². The van der Waals surface area contributed by atoms with Crippen LogP contribution in [-0.4, -0.2) is 14.8 Å². The molecule has 0 atom stereocenters. The average molecular weight is 239 g/mol. The lowest BCUT2D eigenvalue weighted by molar-refractivity contribution is 0.402. The largest absolute Gasteiger partial charge is 0.504 e. The van der Waals surface area contributed by atoms with E-state index < -0.39 is 11.5 Å². The van der Waals surface area contributed by atoms with Crippen molar-refractivity contribution in [2.45, 2.75) is 0 Å². The summed E-state index contributed by atoms with van der Waals surface area (Å²) in [6.45, 7) is 0. The normalized spacial score (nSPS) is 9.72. The lowest BCUT2D eigenvalue weighted by atomic mass is 9.98. The van der Waals surface area contributed by atoms with E-state index in [0.717, 1.165) is 6.07 Å². The number of phenols is 2. The maximum absolute atomic E-state index is 9.70. The first kappa shape index (κ1) is 11.6. The monoisotopic (exact) mass is 239 g/mol. The number of aryl methyl sites for hydroxylation is 1. The van der Waals surface area contributed by atoms with Crippen molar-refractivity contribution in [2.24, 2.45) is 7.05 Å². The van der Waals surface area contributed by atoms with Crippen LogP contribution in [0.4, 0.5) is 0 Å². The molecule has 0 bridgehead atoms. The Morgan fingerprint density at radius 2 is 1.94 bits per heavy atom. The Bertz CT molecular complexity index is 702. The molecule has 0 unspecified atom stereocenters. The minimum Gasteiger partial charge on any atom is -0.504 e. The highest BCUT2D eigenvalue weighted by atomic mass is 16.3. The van der Waals surface area contributed by atoms with Crippen LogP contribution in [0.25, 0.3) is 11.3 Å². The lowest BCUT2D eigenvalue weighted by Crippen LogP contribution is -1.96. The van der Waals surface area contributed by atoms with Gasteiger partial charge in [0.1, 0.15) is 17.7 Å². The fraction of sp³-hybridized carbons (Fsp3) is 0.0769. The van der Waals surface area contributed by atoms with Crippen LogP contribution in [0.2, 0.25) is 0 Å². The molecule has 2 N–H and O–H groups in total. The second-order valence-corrected chi connectivity index (χ2v) is 3.77. The van der Waals surface area contributed by atoms with Gasteiger partial charge in [-0.05, 0) is 12.1 Å². The van der Waals surface area contributed by atoms with Crippen molar-refractivity contribution >= 4 is 0 Å². The second kappa shape index (κ2) is 4.15. The van der Waals surface area contributed by atoms with Gasteiger partial charge in [0.25, 0.3) is 0 Å². The first-order valence-electron chi connectivity index (χ1n) is 5.11. The topological polar surface area (TPSA) is 93.0 Å². The van der Waals surface area contributed by atoms with Gasteiger partial charge in [0.2, 0.25) is 0 Å². The van der Waals surface area contributed by atoms with E-state index >= 15 is 0 Å². The van der Waals surface area contributed by atoms with Crippen LogP contribution in [0.15, 0.2) is 24.4 Å². The van der Waals surface area contributed by atoms with Crippen LogP contribution < -0.4 is 0 Å². The molecule has 88 valence electrons. The molecule has 0 fully saturated rings. The summed E-state index contributed by atoms with van der Waals surface area (Å²) in [6, 6.07) is 8.39. The van der Waals surface area contributed by atoms with E-state index in [-0.39, 0.29) is 11.1 Å². The van der Waals surface area contributed by atoms with Gasteiger partial charge in [-0.15, -0.1) is 0 Å². The molecule has 0 saturated carbocycles. The SMILES string of the molecule is Cn1cccc1-c1c(C#N)cc(O)c(O)c1C#N. The third-order valence-corrected chi connectivity index (χ3v) is 2.71. The zero-order chi connectivity index (χ0) is 13.3. The van der Waals surface area contributed by atoms with Gasteiger partial charge in [-0.1, -0.05) is 0 Å². The van der Waals surface area contributed by atoms with Crippen molar-refractivity contribution in [1.29, 1.82) is 10.5 Å². The molecule has 2 aromatic rings. The molecule has 0 saturated heterocycles. The minimum atomic E-state index is -0.507. The highest BCUT2D eigenvalue weighted by molar-refractivity contribution is 5.79. The Balaban J connectivity index is 2.91. The Morgan fingerprint density at radius 3 is 2.44 bits per heavy atom. The molecular formula is C13H9N3O2. The van der Waals surface area contributed by atoms with Crippen molar-refractivity contribution in [3.63, 3.8) is 0 Å². The van der Waals surface area contributed by atoms with Crippen LogP contribution in [0.3, 0.4) is 0 Å². The van der Waals surface area contributed by atoms with Crippen molar-refractivity contribution in [2.75, 3.05) is 0 Å². The maximum Gasteiger partial charge on any atom is 0.176 e. The quantitative estimate of drug-likeness (QED) is 0.742. The molecule has 0 aliphatic heterocycles. The van der Waals surface area contributed by atoms with Crippen molar-refractivity contribution in [1.82, 2.24) is 4.57 Å². The molecule has 1 aromatic heterocycles. The predicted octanol–water partition coefficient (Wildman–Crippen LogP) is 1.85. The number of hydrogen-bond acceptors (Lipinski definition) is 4. The standard InChI is InChI=1S/C13H9N3O2/c1-16-4-2-3-10(16)12-8(6-14)5-11(17)13(18)9(12)7-15/h2-5,17-18H,1H3. The fourth-order valence-electron chi connectivity index (χ4n) is 1.84. The summed E-state index contributed by atoms with van der Waals surface area (Å²) < 4.78 is 1.73. The van der Waals surface area contributed by atoms with E-state index in [1.54, 1.807) is 29.9 Å². The molecule has 0 radical (unpaired) electrons. The Labute approximate surface area is 103 Å². The number of nitrogens with zero attached hydrogens (tertiary/aromatic N) is 3. The summed E-state index contributed by atoms with van der Waals surface area (Å²) >= 11 is 0. The molecule has 5 heteroatoms. The molecule has 0 spiro atoms. The number of aromatic hydroxyl groups is 2. The Hall–Kier alpha value is -2.92. The molecule has 18 heavy (non-hydrogen) atoms. The highest BCUT2D eigenvalue weighted by Gasteiger charge is 2.20. The van der Waals surface area contributed by atoms with Gasteiger partial charge >= 0.3 is 0 Å². The van der Waals surface area contributed by atoms with E-state index in [2.05, 4.69) is 0 Å². The summed E-state index contributed by atoms with van der Waals surface area (Å²) in [5, 5.41) is 37.3. The molecule has 0 aliphatic carbocycles. The molecule has 1 aromatic carbocycles. The Morgan fingerprint density at radius 1 is 1.22 bits per heavy atom. The van der Waals surface area contributed by atoms with Gasteiger partial charge in [-0.3, -0.25) is 0 Å². The highest BCUT2D eigenvalue weighted by Crippen LogP contribution is 2.38. The van der Waals surface area contributed by atoms with Gasteiger partial charge in [0, 0.05) is 24.9 Å². The van der Waals surface area contributed by atoms with E-state index in [0.29, 0.717) is 11.3 Å². The predicted molar refractivity (Wildman–Crippen MR) is 63.6 cm³/mol. The molecule has 2 rings (SSSR count). The second-order valence-electron chi connectivity index (χ2n) is 3.77. The molecule has 5 nitrogen and oxygen atoms in total. The van der Waals surface area contributed by atoms with E-state index in [4.69, 9.17) is 10.5 Å². The fourth-order valence-corrected chi connectivity index (χ4v) is 1.84. The zero-order valence-electron chi connectivity index (χ0n) is 9.55. The number of rotatable bonds is 1. The van der Waals surface area contributed by atoms with Crippen LogP contribution in [0, 0.1) is 22.7 Å². The summed E-state index contributed by atoms with van der Waals surface area (Å²) in [4.78, 5) is 0. The van der Waals surface area contributed by atoms with Gasteiger partial charge in [-0.2, -0.15) is 10.5 Å². The summed E-state index contributed by atoms with van der Waals surface area (Å²) in [7, 11) is 1.77. The number of hydrogen-bond donors (Lipinski definition) is 2.